The molecule has 0 aliphatic heterocycles. The summed E-state index contributed by atoms with van der Waals surface area (Å²) in [5, 5.41) is 7.21. The van der Waals surface area contributed by atoms with Crippen LogP contribution in [0.15, 0.2) is 35.9 Å². The molecule has 1 aromatic carbocycles. The van der Waals surface area contributed by atoms with E-state index in [4.69, 9.17) is 15.9 Å². The molecule has 0 radical (unpaired) electrons. The van der Waals surface area contributed by atoms with Gasteiger partial charge in [-0.2, -0.15) is 0 Å². The number of hydrogen-bond donors (Lipinski definition) is 2. The van der Waals surface area contributed by atoms with Crippen molar-refractivity contribution in [2.75, 3.05) is 0 Å². The van der Waals surface area contributed by atoms with Gasteiger partial charge in [0.2, 0.25) is 0 Å². The van der Waals surface area contributed by atoms with Gasteiger partial charge in [0.1, 0.15) is 11.6 Å². The average molecular weight is 218 g/mol. The molecule has 0 heterocycles. The molecule has 0 amide bonds. The Hall–Kier alpha value is -2.10. The fraction of sp³-hybridized carbons (Fsp3) is 0.167. The van der Waals surface area contributed by atoms with E-state index in [1.807, 2.05) is 0 Å². The summed E-state index contributed by atoms with van der Waals surface area (Å²) in [4.78, 5) is 11.4. The molecule has 1 rings (SSSR count). The molecule has 0 bridgehead atoms. The van der Waals surface area contributed by atoms with Gasteiger partial charge in [-0.3, -0.25) is 5.41 Å². The Morgan fingerprint density at radius 2 is 1.94 bits per heavy atom. The molecule has 84 valence electrons. The second-order valence-electron chi connectivity index (χ2n) is 3.30. The first kappa shape index (κ1) is 12.0. The zero-order chi connectivity index (χ0) is 12.1. The van der Waals surface area contributed by atoms with Gasteiger partial charge in [0.25, 0.3) is 0 Å². The molecule has 1 aromatic rings. The highest BCUT2D eigenvalue weighted by Gasteiger charge is 2.06. The summed E-state index contributed by atoms with van der Waals surface area (Å²) >= 11 is 0. The van der Waals surface area contributed by atoms with E-state index in [2.05, 4.69) is 0 Å². The Morgan fingerprint density at radius 3 is 2.38 bits per heavy atom. The predicted octanol–water partition coefficient (Wildman–Crippen LogP) is 1.84. The van der Waals surface area contributed by atoms with Gasteiger partial charge in [-0.25, -0.2) is 4.79 Å². The summed E-state index contributed by atoms with van der Waals surface area (Å²) in [6, 6.07) is 6.49. The molecule has 0 saturated carbocycles. The van der Waals surface area contributed by atoms with Gasteiger partial charge in [-0.1, -0.05) is 6.08 Å². The fourth-order valence-corrected chi connectivity index (χ4v) is 1.01. The van der Waals surface area contributed by atoms with E-state index in [0.29, 0.717) is 16.9 Å². The molecule has 0 aliphatic carbocycles. The summed E-state index contributed by atoms with van der Waals surface area (Å²) < 4.78 is 5.08. The Morgan fingerprint density at radius 1 is 1.38 bits per heavy atom. The van der Waals surface area contributed by atoms with Crippen LogP contribution in [0.25, 0.3) is 0 Å². The van der Waals surface area contributed by atoms with Gasteiger partial charge in [-0.15, -0.1) is 0 Å². The summed E-state index contributed by atoms with van der Waals surface area (Å²) in [6.07, 6.45) is 1.69. The van der Waals surface area contributed by atoms with Crippen molar-refractivity contribution >= 4 is 11.8 Å². The van der Waals surface area contributed by atoms with Crippen molar-refractivity contribution in [3.8, 4) is 5.75 Å². The second kappa shape index (κ2) is 5.11. The van der Waals surface area contributed by atoms with Crippen LogP contribution >= 0.6 is 0 Å². The molecular formula is C12H14N2O2. The minimum absolute atomic E-state index is 0.0116. The van der Waals surface area contributed by atoms with Crippen molar-refractivity contribution in [3.05, 3.63) is 41.5 Å². The zero-order valence-corrected chi connectivity index (χ0v) is 9.28. The fourth-order valence-electron chi connectivity index (χ4n) is 1.01. The van der Waals surface area contributed by atoms with Gasteiger partial charge < -0.3 is 10.5 Å². The van der Waals surface area contributed by atoms with Crippen molar-refractivity contribution in [3.63, 3.8) is 0 Å². The number of nitrogens with one attached hydrogen (secondary N) is 1. The number of carbonyl (C=O) groups is 1. The molecule has 0 saturated heterocycles. The highest BCUT2D eigenvalue weighted by molar-refractivity contribution is 5.95. The first-order chi connectivity index (χ1) is 7.54. The molecule has 0 unspecified atom stereocenters. The van der Waals surface area contributed by atoms with Gasteiger partial charge in [0, 0.05) is 11.1 Å². The summed E-state index contributed by atoms with van der Waals surface area (Å²) in [6.45, 7) is 3.46. The van der Waals surface area contributed by atoms with E-state index in [0.717, 1.165) is 0 Å². The van der Waals surface area contributed by atoms with Crippen molar-refractivity contribution in [1.29, 1.82) is 5.41 Å². The Balaban J connectivity index is 2.76. The Kier molecular flexibility index (Phi) is 3.83. The third-order valence-electron chi connectivity index (χ3n) is 2.13. The van der Waals surface area contributed by atoms with Gasteiger partial charge in [0.15, 0.2) is 0 Å². The van der Waals surface area contributed by atoms with Crippen LogP contribution in [-0.4, -0.2) is 11.8 Å². The number of allylic oxidation sites excluding steroid dienone is 1. The molecule has 16 heavy (non-hydrogen) atoms. The van der Waals surface area contributed by atoms with E-state index in [9.17, 15) is 4.79 Å². The zero-order valence-electron chi connectivity index (χ0n) is 9.28. The van der Waals surface area contributed by atoms with Gasteiger partial charge in [0.05, 0.1) is 0 Å². The van der Waals surface area contributed by atoms with E-state index in [1.165, 1.54) is 0 Å². The second-order valence-corrected chi connectivity index (χ2v) is 3.30. The van der Waals surface area contributed by atoms with Crippen LogP contribution in [0.3, 0.4) is 0 Å². The lowest BCUT2D eigenvalue weighted by molar-refractivity contribution is -0.130. The number of nitrogen functional groups attached to an aromatic ring is 1. The highest BCUT2D eigenvalue weighted by Crippen LogP contribution is 2.13. The number of hydrogen-bond acceptors (Lipinski definition) is 3. The predicted molar refractivity (Wildman–Crippen MR) is 62.5 cm³/mol. The smallest absolute Gasteiger partial charge is 0.338 e. The Bertz CT molecular complexity index is 433. The lowest BCUT2D eigenvalue weighted by Gasteiger charge is -2.04. The molecule has 0 atom stereocenters. The van der Waals surface area contributed by atoms with Crippen LogP contribution in [-0.2, 0) is 4.79 Å². The van der Waals surface area contributed by atoms with Crippen molar-refractivity contribution in [2.45, 2.75) is 13.8 Å². The molecule has 0 aliphatic rings. The lowest BCUT2D eigenvalue weighted by atomic mass is 10.2. The third kappa shape index (κ3) is 2.95. The minimum atomic E-state index is -0.377. The minimum Gasteiger partial charge on any atom is -0.423 e. The largest absolute Gasteiger partial charge is 0.423 e. The number of nitrogens with two attached hydrogens (primary N) is 1. The summed E-state index contributed by atoms with van der Waals surface area (Å²) in [5.41, 5.74) is 6.45. The number of carbonyl (C=O) groups excluding carboxylic acids is 1. The van der Waals surface area contributed by atoms with E-state index >= 15 is 0 Å². The monoisotopic (exact) mass is 218 g/mol. The third-order valence-corrected chi connectivity index (χ3v) is 2.13. The lowest BCUT2D eigenvalue weighted by Crippen LogP contribution is -2.11. The van der Waals surface area contributed by atoms with Crippen LogP contribution < -0.4 is 10.5 Å². The summed E-state index contributed by atoms with van der Waals surface area (Å²) in [7, 11) is 0. The number of benzene rings is 1. The van der Waals surface area contributed by atoms with Crippen molar-refractivity contribution in [2.24, 2.45) is 5.73 Å². The van der Waals surface area contributed by atoms with Crippen molar-refractivity contribution < 1.29 is 9.53 Å². The number of ether oxygens (including phenoxy) is 1. The maximum absolute atomic E-state index is 11.4. The van der Waals surface area contributed by atoms with Crippen LogP contribution in [0.1, 0.15) is 19.4 Å². The SMILES string of the molecule is C/C=C(\C)C(=O)Oc1ccc(C(=N)N)cc1. The summed E-state index contributed by atoms with van der Waals surface area (Å²) in [5.74, 6) is 0.0526. The molecular weight excluding hydrogens is 204 g/mol. The Labute approximate surface area is 94.2 Å². The molecule has 3 N–H and O–H groups in total. The van der Waals surface area contributed by atoms with E-state index in [1.54, 1.807) is 44.2 Å². The molecule has 0 spiro atoms. The molecule has 0 fully saturated rings. The van der Waals surface area contributed by atoms with Crippen molar-refractivity contribution in [1.82, 2.24) is 0 Å². The maximum atomic E-state index is 11.4. The topological polar surface area (TPSA) is 76.2 Å². The highest BCUT2D eigenvalue weighted by atomic mass is 16.5. The number of amidine groups is 1. The normalized spacial score (nSPS) is 11.0. The average Bonchev–Trinajstić information content (AvgIpc) is 2.28. The number of rotatable bonds is 3. The molecule has 0 aromatic heterocycles. The van der Waals surface area contributed by atoms with Gasteiger partial charge >= 0.3 is 5.97 Å². The van der Waals surface area contributed by atoms with Gasteiger partial charge in [-0.05, 0) is 38.1 Å². The van der Waals surface area contributed by atoms with Crippen LogP contribution in [0.5, 0.6) is 5.75 Å². The quantitative estimate of drug-likeness (QED) is 0.267. The maximum Gasteiger partial charge on any atom is 0.338 e. The number of esters is 1. The van der Waals surface area contributed by atoms with E-state index in [-0.39, 0.29) is 11.8 Å². The standard InChI is InChI=1S/C12H14N2O2/c1-3-8(2)12(15)16-10-6-4-9(5-7-10)11(13)14/h3-7H,1-2H3,(H3,13,14)/b8-3+. The van der Waals surface area contributed by atoms with E-state index < -0.39 is 0 Å². The van der Waals surface area contributed by atoms with Crippen LogP contribution in [0.4, 0.5) is 0 Å². The first-order valence-corrected chi connectivity index (χ1v) is 4.84. The first-order valence-electron chi connectivity index (χ1n) is 4.84. The van der Waals surface area contributed by atoms with Crippen LogP contribution in [0.2, 0.25) is 0 Å². The van der Waals surface area contributed by atoms with Crippen LogP contribution in [0, 0.1) is 5.41 Å². The molecule has 4 heteroatoms. The molecule has 4 nitrogen and oxygen atoms in total.